The minimum atomic E-state index is -0.818. The van der Waals surface area contributed by atoms with Gasteiger partial charge in [0.15, 0.2) is 0 Å². The van der Waals surface area contributed by atoms with E-state index in [2.05, 4.69) is 20.5 Å². The zero-order valence-electron chi connectivity index (χ0n) is 17.4. The Morgan fingerprint density at radius 3 is 2.81 bits per heavy atom. The topological polar surface area (TPSA) is 99.2 Å². The fourth-order valence-corrected chi connectivity index (χ4v) is 4.19. The van der Waals surface area contributed by atoms with Crippen molar-refractivity contribution in [1.82, 2.24) is 25.1 Å². The highest BCUT2D eigenvalue weighted by atomic mass is 19.1. The normalized spacial score (nSPS) is 20.1. The summed E-state index contributed by atoms with van der Waals surface area (Å²) in [7, 11) is 0. The molecule has 0 amide bonds. The molecule has 0 aliphatic carbocycles. The fraction of sp³-hybridized carbons (Fsp3) is 0.476. The standard InChI is InChI=1S/C21H23FN6O3/c1-13-3-4-18(25-24-13)20-17(14(2)31-26-20)10-28-19(29)7-16(9-23-28)27-11-21(12-27)8-15(22)5-6-30-21/h3-4,7,9,15H,5-6,8,10-12H2,1-2H3/t15-/m0/s1. The van der Waals surface area contributed by atoms with Crippen LogP contribution in [0.5, 0.6) is 0 Å². The van der Waals surface area contributed by atoms with Crippen molar-refractivity contribution in [3.05, 3.63) is 51.8 Å². The van der Waals surface area contributed by atoms with E-state index in [-0.39, 0.29) is 12.1 Å². The number of alkyl halides is 1. The van der Waals surface area contributed by atoms with Crippen LogP contribution in [0.1, 0.15) is 29.9 Å². The highest BCUT2D eigenvalue weighted by Crippen LogP contribution is 2.37. The average Bonchev–Trinajstić information content (AvgIpc) is 3.08. The molecule has 162 valence electrons. The summed E-state index contributed by atoms with van der Waals surface area (Å²) in [6.45, 7) is 5.43. The third-order valence-corrected chi connectivity index (χ3v) is 5.94. The summed E-state index contributed by atoms with van der Waals surface area (Å²) in [6.07, 6.45) is 1.70. The van der Waals surface area contributed by atoms with Gasteiger partial charge >= 0.3 is 0 Å². The van der Waals surface area contributed by atoms with Gasteiger partial charge in [-0.1, -0.05) is 5.16 Å². The monoisotopic (exact) mass is 426 g/mol. The smallest absolute Gasteiger partial charge is 0.269 e. The Kier molecular flexibility index (Phi) is 4.81. The van der Waals surface area contributed by atoms with Crippen LogP contribution in [-0.4, -0.2) is 56.6 Å². The second-order valence-corrected chi connectivity index (χ2v) is 8.31. The molecule has 2 aliphatic heterocycles. The molecule has 2 fully saturated rings. The van der Waals surface area contributed by atoms with E-state index in [0.717, 1.165) is 11.3 Å². The number of halogens is 1. The number of rotatable bonds is 4. The lowest BCUT2D eigenvalue weighted by Gasteiger charge is -2.53. The van der Waals surface area contributed by atoms with E-state index in [0.29, 0.717) is 55.4 Å². The van der Waals surface area contributed by atoms with Crippen molar-refractivity contribution in [1.29, 1.82) is 0 Å². The summed E-state index contributed by atoms with van der Waals surface area (Å²) in [4.78, 5) is 14.7. The molecule has 1 spiro atoms. The Morgan fingerprint density at radius 2 is 2.10 bits per heavy atom. The van der Waals surface area contributed by atoms with Crippen LogP contribution in [-0.2, 0) is 11.3 Å². The Labute approximate surface area is 177 Å². The number of ether oxygens (including phenoxy) is 1. The van der Waals surface area contributed by atoms with Crippen LogP contribution in [0.2, 0.25) is 0 Å². The zero-order valence-corrected chi connectivity index (χ0v) is 17.4. The lowest BCUT2D eigenvalue weighted by atomic mass is 9.85. The average molecular weight is 426 g/mol. The molecule has 5 heterocycles. The molecule has 31 heavy (non-hydrogen) atoms. The van der Waals surface area contributed by atoms with Crippen molar-refractivity contribution < 1.29 is 13.7 Å². The van der Waals surface area contributed by atoms with Gasteiger partial charge < -0.3 is 14.2 Å². The molecule has 5 rings (SSSR count). The molecule has 2 aliphatic rings. The molecule has 0 aromatic carbocycles. The molecule has 3 aromatic heterocycles. The van der Waals surface area contributed by atoms with Gasteiger partial charge in [0.25, 0.3) is 5.56 Å². The van der Waals surface area contributed by atoms with Gasteiger partial charge in [-0.2, -0.15) is 10.2 Å². The Morgan fingerprint density at radius 1 is 1.26 bits per heavy atom. The van der Waals surface area contributed by atoms with Crippen LogP contribution >= 0.6 is 0 Å². The summed E-state index contributed by atoms with van der Waals surface area (Å²) in [5, 5.41) is 16.7. The first-order valence-corrected chi connectivity index (χ1v) is 10.3. The van der Waals surface area contributed by atoms with Crippen LogP contribution < -0.4 is 10.5 Å². The minimum absolute atomic E-state index is 0.204. The SMILES string of the molecule is Cc1ccc(-c2noc(C)c2Cn2ncc(N3CC4(C[C@@H](F)CCO4)C3)cc2=O)nn1. The van der Waals surface area contributed by atoms with Crippen LogP contribution in [0.15, 0.2) is 33.7 Å². The summed E-state index contributed by atoms with van der Waals surface area (Å²) < 4.78 is 26.3. The first-order chi connectivity index (χ1) is 14.9. The van der Waals surface area contributed by atoms with Gasteiger partial charge in [-0.3, -0.25) is 4.79 Å². The molecule has 2 saturated heterocycles. The van der Waals surface area contributed by atoms with E-state index in [1.807, 2.05) is 24.0 Å². The van der Waals surface area contributed by atoms with Crippen LogP contribution in [0, 0.1) is 13.8 Å². The lowest BCUT2D eigenvalue weighted by Crippen LogP contribution is -2.66. The second kappa shape index (κ2) is 7.52. The third kappa shape index (κ3) is 3.71. The second-order valence-electron chi connectivity index (χ2n) is 8.31. The summed E-state index contributed by atoms with van der Waals surface area (Å²) in [5.74, 6) is 0.593. The molecule has 3 aromatic rings. The van der Waals surface area contributed by atoms with Crippen molar-refractivity contribution in [3.8, 4) is 11.4 Å². The van der Waals surface area contributed by atoms with Gasteiger partial charge in [0.05, 0.1) is 30.7 Å². The number of anilines is 1. The molecular weight excluding hydrogens is 403 g/mol. The van der Waals surface area contributed by atoms with Crippen molar-refractivity contribution in [3.63, 3.8) is 0 Å². The van der Waals surface area contributed by atoms with Gasteiger partial charge in [0.1, 0.15) is 28.9 Å². The highest BCUT2D eigenvalue weighted by Gasteiger charge is 2.48. The minimum Gasteiger partial charge on any atom is -0.371 e. The van der Waals surface area contributed by atoms with Crippen molar-refractivity contribution >= 4 is 5.69 Å². The van der Waals surface area contributed by atoms with E-state index < -0.39 is 11.8 Å². The number of aromatic nitrogens is 5. The van der Waals surface area contributed by atoms with E-state index in [9.17, 15) is 9.18 Å². The first kappa shape index (κ1) is 19.8. The number of hydrogen-bond donors (Lipinski definition) is 0. The molecule has 1 atom stereocenters. The van der Waals surface area contributed by atoms with Gasteiger partial charge in [-0.25, -0.2) is 9.07 Å². The number of aryl methyl sites for hydroxylation is 2. The van der Waals surface area contributed by atoms with Gasteiger partial charge in [0.2, 0.25) is 0 Å². The van der Waals surface area contributed by atoms with Gasteiger partial charge in [-0.15, -0.1) is 5.10 Å². The molecule has 0 unspecified atom stereocenters. The summed E-state index contributed by atoms with van der Waals surface area (Å²) in [6, 6.07) is 5.21. The maximum atomic E-state index is 13.7. The van der Waals surface area contributed by atoms with Gasteiger partial charge in [0, 0.05) is 37.6 Å². The van der Waals surface area contributed by atoms with E-state index in [1.54, 1.807) is 19.2 Å². The van der Waals surface area contributed by atoms with Crippen LogP contribution in [0.4, 0.5) is 10.1 Å². The number of hydrogen-bond acceptors (Lipinski definition) is 8. The van der Waals surface area contributed by atoms with Crippen molar-refractivity contribution in [2.24, 2.45) is 0 Å². The maximum absolute atomic E-state index is 13.7. The third-order valence-electron chi connectivity index (χ3n) is 5.94. The van der Waals surface area contributed by atoms with Crippen molar-refractivity contribution in [2.75, 3.05) is 24.6 Å². The molecular formula is C21H23FN6O3. The highest BCUT2D eigenvalue weighted by molar-refractivity contribution is 5.58. The largest absolute Gasteiger partial charge is 0.371 e. The summed E-state index contributed by atoms with van der Waals surface area (Å²) >= 11 is 0. The van der Waals surface area contributed by atoms with Crippen LogP contribution in [0.3, 0.4) is 0 Å². The molecule has 10 heteroatoms. The Bertz CT molecular complexity index is 1150. The molecule has 0 saturated carbocycles. The summed E-state index contributed by atoms with van der Waals surface area (Å²) in [5.41, 5.74) is 2.68. The Hall–Kier alpha value is -3.14. The molecule has 0 bridgehead atoms. The quantitative estimate of drug-likeness (QED) is 0.625. The van der Waals surface area contributed by atoms with E-state index in [4.69, 9.17) is 9.26 Å². The fourth-order valence-electron chi connectivity index (χ4n) is 4.19. The van der Waals surface area contributed by atoms with Crippen molar-refractivity contribution in [2.45, 2.75) is 45.0 Å². The molecule has 0 radical (unpaired) electrons. The number of nitrogens with zero attached hydrogens (tertiary/aromatic N) is 6. The predicted octanol–water partition coefficient (Wildman–Crippen LogP) is 2.06. The molecule has 9 nitrogen and oxygen atoms in total. The Balaban J connectivity index is 1.34. The van der Waals surface area contributed by atoms with Gasteiger partial charge in [-0.05, 0) is 26.0 Å². The molecule has 0 N–H and O–H groups in total. The van der Waals surface area contributed by atoms with Crippen LogP contribution in [0.25, 0.3) is 11.4 Å². The zero-order chi connectivity index (χ0) is 21.6. The maximum Gasteiger partial charge on any atom is 0.269 e. The van der Waals surface area contributed by atoms with E-state index >= 15 is 0 Å². The lowest BCUT2D eigenvalue weighted by molar-refractivity contribution is -0.117. The van der Waals surface area contributed by atoms with E-state index in [1.165, 1.54) is 4.68 Å². The first-order valence-electron chi connectivity index (χ1n) is 10.3. The predicted molar refractivity (Wildman–Crippen MR) is 110 cm³/mol.